The van der Waals surface area contributed by atoms with Gasteiger partial charge in [0, 0.05) is 13.0 Å². The summed E-state index contributed by atoms with van der Waals surface area (Å²) in [6, 6.07) is 0.465. The Hall–Kier alpha value is -0.530. The number of amides is 1. The summed E-state index contributed by atoms with van der Waals surface area (Å²) in [5, 5.41) is 2.93. The summed E-state index contributed by atoms with van der Waals surface area (Å²) in [5.41, 5.74) is 0. The van der Waals surface area contributed by atoms with Crippen molar-refractivity contribution in [2.24, 2.45) is 5.92 Å². The number of hydrogen-bond acceptors (Lipinski definition) is 1. The Morgan fingerprint density at radius 3 is 2.60 bits per heavy atom. The molecule has 0 heterocycles. The minimum absolute atomic E-state index is 0.110. The second-order valence-electron chi connectivity index (χ2n) is 3.32. The first kappa shape index (κ1) is 7.58. The fourth-order valence-corrected chi connectivity index (χ4v) is 1.63. The zero-order valence-corrected chi connectivity index (χ0v) is 6.68. The van der Waals surface area contributed by atoms with Gasteiger partial charge in [-0.2, -0.15) is 0 Å². The molecule has 1 aliphatic carbocycles. The molecule has 0 spiro atoms. The Labute approximate surface area is 62.0 Å². The van der Waals surface area contributed by atoms with Gasteiger partial charge in [-0.15, -0.1) is 0 Å². The summed E-state index contributed by atoms with van der Waals surface area (Å²) in [5.74, 6) is 0.913. The van der Waals surface area contributed by atoms with E-state index in [0.717, 1.165) is 5.92 Å². The van der Waals surface area contributed by atoms with Gasteiger partial charge in [0.25, 0.3) is 0 Å². The van der Waals surface area contributed by atoms with Crippen LogP contribution in [0.3, 0.4) is 0 Å². The molecule has 1 aliphatic rings. The topological polar surface area (TPSA) is 29.1 Å². The monoisotopic (exact) mass is 141 g/mol. The van der Waals surface area contributed by atoms with Gasteiger partial charge in [-0.25, -0.2) is 0 Å². The van der Waals surface area contributed by atoms with Gasteiger partial charge in [-0.1, -0.05) is 6.92 Å². The number of carbonyl (C=O) groups is 1. The lowest BCUT2D eigenvalue weighted by Gasteiger charge is -2.09. The minimum atomic E-state index is 0.110. The molecule has 2 atom stereocenters. The molecule has 0 aromatic rings. The Morgan fingerprint density at radius 2 is 2.20 bits per heavy atom. The lowest BCUT2D eigenvalue weighted by molar-refractivity contribution is -0.119. The van der Waals surface area contributed by atoms with Gasteiger partial charge in [0.2, 0.25) is 5.91 Å². The first-order valence-electron chi connectivity index (χ1n) is 3.95. The molecule has 1 rings (SSSR count). The van der Waals surface area contributed by atoms with Crippen LogP contribution in [0.25, 0.3) is 0 Å². The van der Waals surface area contributed by atoms with Crippen molar-refractivity contribution in [3.8, 4) is 0 Å². The van der Waals surface area contributed by atoms with Crippen LogP contribution in [0.1, 0.15) is 33.1 Å². The SMILES string of the molecule is CC(=O)NC1CC[C@@H](C)C1. The Morgan fingerprint density at radius 1 is 1.50 bits per heavy atom. The van der Waals surface area contributed by atoms with Gasteiger partial charge >= 0.3 is 0 Å². The molecular weight excluding hydrogens is 126 g/mol. The zero-order valence-electron chi connectivity index (χ0n) is 6.68. The van der Waals surface area contributed by atoms with Crippen molar-refractivity contribution in [1.82, 2.24) is 5.32 Å². The van der Waals surface area contributed by atoms with Crippen LogP contribution in [0.15, 0.2) is 0 Å². The Bertz CT molecular complexity index is 133. The predicted octanol–water partition coefficient (Wildman–Crippen LogP) is 1.31. The lowest BCUT2D eigenvalue weighted by Crippen LogP contribution is -2.30. The summed E-state index contributed by atoms with van der Waals surface area (Å²) in [7, 11) is 0. The van der Waals surface area contributed by atoms with Crippen LogP contribution >= 0.6 is 0 Å². The van der Waals surface area contributed by atoms with Crippen molar-refractivity contribution in [2.75, 3.05) is 0 Å². The summed E-state index contributed by atoms with van der Waals surface area (Å²) < 4.78 is 0. The molecule has 58 valence electrons. The highest BCUT2D eigenvalue weighted by atomic mass is 16.1. The maximum atomic E-state index is 10.6. The van der Waals surface area contributed by atoms with E-state index in [9.17, 15) is 4.79 Å². The quantitative estimate of drug-likeness (QED) is 0.586. The third-order valence-corrected chi connectivity index (χ3v) is 2.10. The smallest absolute Gasteiger partial charge is 0.217 e. The van der Waals surface area contributed by atoms with E-state index < -0.39 is 0 Å². The van der Waals surface area contributed by atoms with Gasteiger partial charge in [0.05, 0.1) is 0 Å². The highest BCUT2D eigenvalue weighted by Gasteiger charge is 2.21. The van der Waals surface area contributed by atoms with Gasteiger partial charge in [0.1, 0.15) is 0 Å². The molecule has 0 aromatic carbocycles. The van der Waals surface area contributed by atoms with Crippen molar-refractivity contribution < 1.29 is 4.79 Å². The van der Waals surface area contributed by atoms with Gasteiger partial charge in [0.15, 0.2) is 0 Å². The van der Waals surface area contributed by atoms with E-state index >= 15 is 0 Å². The number of hydrogen-bond donors (Lipinski definition) is 1. The zero-order chi connectivity index (χ0) is 7.56. The van der Waals surface area contributed by atoms with E-state index in [-0.39, 0.29) is 5.91 Å². The molecule has 1 saturated carbocycles. The van der Waals surface area contributed by atoms with Gasteiger partial charge in [-0.05, 0) is 25.2 Å². The molecule has 0 saturated heterocycles. The molecule has 1 N–H and O–H groups in total. The van der Waals surface area contributed by atoms with Crippen LogP contribution in [0.4, 0.5) is 0 Å². The largest absolute Gasteiger partial charge is 0.354 e. The molecule has 1 unspecified atom stereocenters. The van der Waals surface area contributed by atoms with Crippen LogP contribution in [0.5, 0.6) is 0 Å². The minimum Gasteiger partial charge on any atom is -0.354 e. The van der Waals surface area contributed by atoms with Crippen LogP contribution in [-0.4, -0.2) is 11.9 Å². The Balaban J connectivity index is 2.24. The van der Waals surface area contributed by atoms with E-state index in [2.05, 4.69) is 12.2 Å². The van der Waals surface area contributed by atoms with Crippen molar-refractivity contribution >= 4 is 5.91 Å². The third kappa shape index (κ3) is 2.01. The summed E-state index contributed by atoms with van der Waals surface area (Å²) in [6.07, 6.45) is 3.60. The van der Waals surface area contributed by atoms with E-state index in [0.29, 0.717) is 6.04 Å². The summed E-state index contributed by atoms with van der Waals surface area (Å²) in [4.78, 5) is 10.6. The molecule has 2 heteroatoms. The second-order valence-corrected chi connectivity index (χ2v) is 3.32. The standard InChI is InChI=1S/C8H15NO/c1-6-3-4-8(5-6)9-7(2)10/h6,8H,3-5H2,1-2H3,(H,9,10)/t6-,8?/m1/s1. The molecule has 0 bridgehead atoms. The van der Waals surface area contributed by atoms with Crippen LogP contribution in [0.2, 0.25) is 0 Å². The van der Waals surface area contributed by atoms with Gasteiger partial charge in [-0.3, -0.25) is 4.79 Å². The van der Waals surface area contributed by atoms with Crippen molar-refractivity contribution in [1.29, 1.82) is 0 Å². The maximum absolute atomic E-state index is 10.6. The average molecular weight is 141 g/mol. The molecule has 2 nitrogen and oxygen atoms in total. The van der Waals surface area contributed by atoms with E-state index in [1.807, 2.05) is 0 Å². The fraction of sp³-hybridized carbons (Fsp3) is 0.875. The van der Waals surface area contributed by atoms with Crippen molar-refractivity contribution in [2.45, 2.75) is 39.2 Å². The molecule has 1 amide bonds. The number of rotatable bonds is 1. The lowest BCUT2D eigenvalue weighted by atomic mass is 10.1. The van der Waals surface area contributed by atoms with Crippen molar-refractivity contribution in [3.63, 3.8) is 0 Å². The third-order valence-electron chi connectivity index (χ3n) is 2.10. The Kier molecular flexibility index (Phi) is 2.30. The number of carbonyl (C=O) groups excluding carboxylic acids is 1. The van der Waals surface area contributed by atoms with Crippen molar-refractivity contribution in [3.05, 3.63) is 0 Å². The molecular formula is C8H15NO. The highest BCUT2D eigenvalue weighted by Crippen LogP contribution is 2.24. The molecule has 0 aromatic heterocycles. The number of nitrogens with one attached hydrogen (secondary N) is 1. The first-order chi connectivity index (χ1) is 4.68. The summed E-state index contributed by atoms with van der Waals surface area (Å²) in [6.45, 7) is 3.82. The molecule has 10 heavy (non-hydrogen) atoms. The summed E-state index contributed by atoms with van der Waals surface area (Å²) >= 11 is 0. The van der Waals surface area contributed by atoms with E-state index in [1.165, 1.54) is 19.3 Å². The van der Waals surface area contributed by atoms with E-state index in [4.69, 9.17) is 0 Å². The first-order valence-corrected chi connectivity index (χ1v) is 3.95. The molecule has 1 fully saturated rings. The highest BCUT2D eigenvalue weighted by molar-refractivity contribution is 5.73. The van der Waals surface area contributed by atoms with Crippen LogP contribution < -0.4 is 5.32 Å². The van der Waals surface area contributed by atoms with Gasteiger partial charge < -0.3 is 5.32 Å². The van der Waals surface area contributed by atoms with Crippen LogP contribution in [0, 0.1) is 5.92 Å². The van der Waals surface area contributed by atoms with Crippen LogP contribution in [-0.2, 0) is 4.79 Å². The van der Waals surface area contributed by atoms with E-state index in [1.54, 1.807) is 6.92 Å². The average Bonchev–Trinajstić information content (AvgIpc) is 2.13. The fourth-order valence-electron chi connectivity index (χ4n) is 1.63. The normalized spacial score (nSPS) is 32.2. The second kappa shape index (κ2) is 3.04. The molecule has 0 radical (unpaired) electrons. The predicted molar refractivity (Wildman–Crippen MR) is 40.6 cm³/mol. The maximum Gasteiger partial charge on any atom is 0.217 e. The molecule has 0 aliphatic heterocycles.